The Morgan fingerprint density at radius 2 is 1.94 bits per heavy atom. The lowest BCUT2D eigenvalue weighted by Gasteiger charge is -2.16. The van der Waals surface area contributed by atoms with Gasteiger partial charge in [0, 0.05) is 18.9 Å². The summed E-state index contributed by atoms with van der Waals surface area (Å²) in [5, 5.41) is 0. The number of halogens is 1. The summed E-state index contributed by atoms with van der Waals surface area (Å²) in [5.41, 5.74) is 1.28. The molecule has 16 heavy (non-hydrogen) atoms. The van der Waals surface area contributed by atoms with E-state index in [1.807, 2.05) is 25.1 Å². The highest BCUT2D eigenvalue weighted by molar-refractivity contribution is 6.17. The molecule has 2 nitrogen and oxygen atoms in total. The molecule has 0 saturated carbocycles. The maximum atomic E-state index is 5.67. The summed E-state index contributed by atoms with van der Waals surface area (Å²) in [5.74, 6) is 0.565. The van der Waals surface area contributed by atoms with Crippen LogP contribution in [0, 0.1) is 0 Å². The van der Waals surface area contributed by atoms with Crippen LogP contribution in [0.25, 0.3) is 0 Å². The van der Waals surface area contributed by atoms with Crippen LogP contribution in [0.3, 0.4) is 0 Å². The van der Waals surface area contributed by atoms with Crippen LogP contribution in [0.15, 0.2) is 30.3 Å². The normalized spacial score (nSPS) is 12.6. The van der Waals surface area contributed by atoms with Crippen molar-refractivity contribution < 1.29 is 9.47 Å². The summed E-state index contributed by atoms with van der Waals surface area (Å²) in [6, 6.07) is 10.3. The van der Waals surface area contributed by atoms with Gasteiger partial charge in [-0.1, -0.05) is 30.3 Å². The van der Waals surface area contributed by atoms with Crippen molar-refractivity contribution in [1.29, 1.82) is 0 Å². The summed E-state index contributed by atoms with van der Waals surface area (Å²) in [4.78, 5) is 0. The van der Waals surface area contributed by atoms with E-state index in [1.165, 1.54) is 5.56 Å². The van der Waals surface area contributed by atoms with Gasteiger partial charge in [-0.2, -0.15) is 0 Å². The Morgan fingerprint density at radius 1 is 1.19 bits per heavy atom. The molecule has 0 aliphatic rings. The van der Waals surface area contributed by atoms with Crippen LogP contribution in [-0.2, 0) is 15.9 Å². The first kappa shape index (κ1) is 13.5. The highest BCUT2D eigenvalue weighted by Crippen LogP contribution is 2.05. The molecule has 1 aromatic carbocycles. The predicted octanol–water partition coefficient (Wildman–Crippen LogP) is 3.24. The average Bonchev–Trinajstić information content (AvgIpc) is 2.31. The number of alkyl halides is 1. The molecule has 0 N–H and O–H groups in total. The van der Waals surface area contributed by atoms with Gasteiger partial charge < -0.3 is 9.47 Å². The lowest BCUT2D eigenvalue weighted by molar-refractivity contribution is -0.139. The molecule has 0 fully saturated rings. The average molecular weight is 243 g/mol. The van der Waals surface area contributed by atoms with Crippen LogP contribution >= 0.6 is 11.6 Å². The van der Waals surface area contributed by atoms with E-state index in [2.05, 4.69) is 12.1 Å². The van der Waals surface area contributed by atoms with Crippen LogP contribution < -0.4 is 0 Å². The van der Waals surface area contributed by atoms with E-state index < -0.39 is 0 Å². The molecule has 0 bridgehead atoms. The molecule has 0 amide bonds. The molecule has 90 valence electrons. The molecule has 0 aliphatic heterocycles. The van der Waals surface area contributed by atoms with Gasteiger partial charge in [0.15, 0.2) is 6.29 Å². The largest absolute Gasteiger partial charge is 0.353 e. The summed E-state index contributed by atoms with van der Waals surface area (Å²) in [6.45, 7) is 3.29. The number of hydrogen-bond donors (Lipinski definition) is 0. The molecule has 0 unspecified atom stereocenters. The van der Waals surface area contributed by atoms with Gasteiger partial charge in [0.25, 0.3) is 0 Å². The highest BCUT2D eigenvalue weighted by atomic mass is 35.5. The minimum atomic E-state index is -0.161. The molecule has 0 heterocycles. The van der Waals surface area contributed by atoms with E-state index in [0.29, 0.717) is 19.1 Å². The molecule has 1 aromatic rings. The van der Waals surface area contributed by atoms with Gasteiger partial charge in [0.05, 0.1) is 6.61 Å². The zero-order valence-electron chi connectivity index (χ0n) is 9.69. The number of benzene rings is 1. The fraction of sp³-hybridized carbons (Fsp3) is 0.538. The first-order valence-electron chi connectivity index (χ1n) is 5.70. The highest BCUT2D eigenvalue weighted by Gasteiger charge is 2.07. The Labute approximate surface area is 103 Å². The van der Waals surface area contributed by atoms with Crippen molar-refractivity contribution in [2.24, 2.45) is 0 Å². The number of ether oxygens (including phenoxy) is 2. The minimum Gasteiger partial charge on any atom is -0.353 e. The number of hydrogen-bond acceptors (Lipinski definition) is 2. The van der Waals surface area contributed by atoms with Gasteiger partial charge >= 0.3 is 0 Å². The second kappa shape index (κ2) is 8.57. The topological polar surface area (TPSA) is 18.5 Å². The SMILES string of the molecule is CCO[C@H](CCCl)OCCc1ccccc1. The fourth-order valence-corrected chi connectivity index (χ4v) is 1.62. The lowest BCUT2D eigenvalue weighted by atomic mass is 10.2. The van der Waals surface area contributed by atoms with Crippen LogP contribution in [-0.4, -0.2) is 25.4 Å². The van der Waals surface area contributed by atoms with Crippen LogP contribution in [0.1, 0.15) is 18.9 Å². The maximum absolute atomic E-state index is 5.67. The zero-order chi connectivity index (χ0) is 11.6. The molecular weight excluding hydrogens is 224 g/mol. The third-order valence-electron chi connectivity index (χ3n) is 2.23. The predicted molar refractivity (Wildman–Crippen MR) is 66.8 cm³/mol. The van der Waals surface area contributed by atoms with E-state index in [1.54, 1.807) is 0 Å². The Morgan fingerprint density at radius 3 is 2.56 bits per heavy atom. The van der Waals surface area contributed by atoms with Gasteiger partial charge in [-0.15, -0.1) is 11.6 Å². The molecule has 0 saturated heterocycles. The third kappa shape index (κ3) is 5.50. The minimum absolute atomic E-state index is 0.161. The monoisotopic (exact) mass is 242 g/mol. The van der Waals surface area contributed by atoms with E-state index in [4.69, 9.17) is 21.1 Å². The van der Waals surface area contributed by atoms with Gasteiger partial charge in [-0.3, -0.25) is 0 Å². The Balaban J connectivity index is 2.22. The van der Waals surface area contributed by atoms with Crippen LogP contribution in [0.2, 0.25) is 0 Å². The van der Waals surface area contributed by atoms with E-state index in [0.717, 1.165) is 12.8 Å². The van der Waals surface area contributed by atoms with Gasteiger partial charge in [0.2, 0.25) is 0 Å². The molecule has 0 aromatic heterocycles. The van der Waals surface area contributed by atoms with Crippen molar-refractivity contribution in [3.8, 4) is 0 Å². The van der Waals surface area contributed by atoms with Crippen molar-refractivity contribution in [3.05, 3.63) is 35.9 Å². The zero-order valence-corrected chi connectivity index (χ0v) is 10.5. The Hall–Kier alpha value is -0.570. The molecule has 0 spiro atoms. The van der Waals surface area contributed by atoms with Crippen molar-refractivity contribution in [2.45, 2.75) is 26.1 Å². The molecular formula is C13H19ClO2. The van der Waals surface area contributed by atoms with Gasteiger partial charge in [-0.05, 0) is 18.9 Å². The second-order valence-corrected chi connectivity index (χ2v) is 3.85. The Kier molecular flexibility index (Phi) is 7.23. The molecule has 1 atom stereocenters. The van der Waals surface area contributed by atoms with Crippen molar-refractivity contribution in [3.63, 3.8) is 0 Å². The summed E-state index contributed by atoms with van der Waals surface area (Å²) >= 11 is 5.67. The van der Waals surface area contributed by atoms with Crippen molar-refractivity contribution in [1.82, 2.24) is 0 Å². The third-order valence-corrected chi connectivity index (χ3v) is 2.45. The smallest absolute Gasteiger partial charge is 0.158 e. The molecule has 3 heteroatoms. The van der Waals surface area contributed by atoms with Gasteiger partial charge in [-0.25, -0.2) is 0 Å². The fourth-order valence-electron chi connectivity index (χ4n) is 1.44. The quantitative estimate of drug-likeness (QED) is 0.515. The summed E-state index contributed by atoms with van der Waals surface area (Å²) in [6.07, 6.45) is 1.49. The molecule has 0 radical (unpaired) electrons. The summed E-state index contributed by atoms with van der Waals surface area (Å²) < 4.78 is 11.0. The molecule has 1 rings (SSSR count). The van der Waals surface area contributed by atoms with Crippen molar-refractivity contribution >= 4 is 11.6 Å². The van der Waals surface area contributed by atoms with Crippen LogP contribution in [0.5, 0.6) is 0 Å². The van der Waals surface area contributed by atoms with E-state index >= 15 is 0 Å². The first-order chi connectivity index (χ1) is 7.86. The maximum Gasteiger partial charge on any atom is 0.158 e. The Bertz CT molecular complexity index is 258. The lowest BCUT2D eigenvalue weighted by Crippen LogP contribution is -2.19. The summed E-state index contributed by atoms with van der Waals surface area (Å²) in [7, 11) is 0. The first-order valence-corrected chi connectivity index (χ1v) is 6.23. The van der Waals surface area contributed by atoms with Gasteiger partial charge in [0.1, 0.15) is 0 Å². The number of rotatable bonds is 8. The standard InChI is InChI=1S/C13H19ClO2/c1-2-15-13(8-10-14)16-11-9-12-6-4-3-5-7-12/h3-7,13H,2,8-11H2,1H3/t13-/m0/s1. The van der Waals surface area contributed by atoms with E-state index in [-0.39, 0.29) is 6.29 Å². The second-order valence-electron chi connectivity index (χ2n) is 3.47. The van der Waals surface area contributed by atoms with E-state index in [9.17, 15) is 0 Å². The van der Waals surface area contributed by atoms with Crippen LogP contribution in [0.4, 0.5) is 0 Å². The van der Waals surface area contributed by atoms with Crippen molar-refractivity contribution in [2.75, 3.05) is 19.1 Å². The molecule has 0 aliphatic carbocycles.